The first kappa shape index (κ1) is 18.4. The average molecular weight is 356 g/mol. The van der Waals surface area contributed by atoms with Gasteiger partial charge in [0, 0.05) is 31.1 Å². The highest BCUT2D eigenvalue weighted by molar-refractivity contribution is 5.85. The Balaban J connectivity index is 0.00000208. The number of piperidine rings is 1. The maximum Gasteiger partial charge on any atom is 0.287 e. The van der Waals surface area contributed by atoms with E-state index in [1.54, 1.807) is 6.07 Å². The van der Waals surface area contributed by atoms with E-state index in [0.29, 0.717) is 12.4 Å². The molecule has 0 aromatic carbocycles. The lowest BCUT2D eigenvalue weighted by atomic mass is 9.97. The molecule has 2 saturated heterocycles. The number of carbonyl (C=O) groups is 1. The number of hydrogen-bond donors (Lipinski definition) is 2. The summed E-state index contributed by atoms with van der Waals surface area (Å²) in [6, 6.07) is 3.19. The molecule has 9 heteroatoms. The van der Waals surface area contributed by atoms with Crippen LogP contribution < -0.4 is 10.6 Å². The molecule has 8 nitrogen and oxygen atoms in total. The molecule has 0 bridgehead atoms. The van der Waals surface area contributed by atoms with Crippen LogP contribution in [0.25, 0.3) is 0 Å². The molecular weight excluding hydrogens is 334 g/mol. The van der Waals surface area contributed by atoms with E-state index in [1.807, 2.05) is 4.90 Å². The molecule has 1 amide bonds. The minimum atomic E-state index is -0.466. The molecule has 1 aromatic rings. The highest BCUT2D eigenvalue weighted by Gasteiger charge is 2.31. The monoisotopic (exact) mass is 355 g/mol. The van der Waals surface area contributed by atoms with Gasteiger partial charge in [-0.25, -0.2) is 4.98 Å². The molecule has 0 radical (unpaired) electrons. The molecule has 1 aromatic heterocycles. The smallest absolute Gasteiger partial charge is 0.287 e. The van der Waals surface area contributed by atoms with Crippen molar-refractivity contribution in [3.05, 3.63) is 28.4 Å². The van der Waals surface area contributed by atoms with Gasteiger partial charge in [-0.05, 0) is 38.4 Å². The fourth-order valence-corrected chi connectivity index (χ4v) is 3.19. The Hall–Kier alpha value is -1.93. The number of nitrogens with zero attached hydrogens (tertiary/aromatic N) is 3. The zero-order chi connectivity index (χ0) is 16.2. The van der Waals surface area contributed by atoms with Crippen molar-refractivity contribution in [1.82, 2.24) is 15.2 Å². The van der Waals surface area contributed by atoms with Crippen LogP contribution in [-0.2, 0) is 4.79 Å². The molecule has 24 heavy (non-hydrogen) atoms. The first-order valence-electron chi connectivity index (χ1n) is 8.00. The van der Waals surface area contributed by atoms with Gasteiger partial charge >= 0.3 is 0 Å². The number of nitro groups is 1. The van der Waals surface area contributed by atoms with E-state index in [4.69, 9.17) is 0 Å². The number of halogens is 1. The number of aromatic nitrogens is 1. The van der Waals surface area contributed by atoms with Gasteiger partial charge in [0.1, 0.15) is 12.0 Å². The number of hydrogen-bond acceptors (Lipinski definition) is 6. The van der Waals surface area contributed by atoms with Gasteiger partial charge in [0.15, 0.2) is 0 Å². The summed E-state index contributed by atoms with van der Waals surface area (Å²) >= 11 is 0. The standard InChI is InChI=1S/C15H21N5O3.ClH/c21-15(11-3-6-16-7-4-11)19-8-5-12(10-19)18-14-2-1-13(9-17-14)20(22)23;/h1-2,9,11-12,16H,3-8,10H2,(H,17,18);1H. The second-order valence-electron chi connectivity index (χ2n) is 6.10. The van der Waals surface area contributed by atoms with Crippen LogP contribution in [0.1, 0.15) is 19.3 Å². The fourth-order valence-electron chi connectivity index (χ4n) is 3.19. The van der Waals surface area contributed by atoms with E-state index in [1.165, 1.54) is 12.3 Å². The fraction of sp³-hybridized carbons (Fsp3) is 0.600. The first-order valence-corrected chi connectivity index (χ1v) is 8.00. The van der Waals surface area contributed by atoms with Crippen LogP contribution in [0, 0.1) is 16.0 Å². The molecule has 1 unspecified atom stereocenters. The third-order valence-electron chi connectivity index (χ3n) is 4.50. The van der Waals surface area contributed by atoms with Gasteiger partial charge in [0.25, 0.3) is 5.69 Å². The number of amides is 1. The highest BCUT2D eigenvalue weighted by Crippen LogP contribution is 2.21. The van der Waals surface area contributed by atoms with Gasteiger partial charge in [-0.15, -0.1) is 12.4 Å². The zero-order valence-electron chi connectivity index (χ0n) is 13.3. The minimum Gasteiger partial charge on any atom is -0.365 e. The van der Waals surface area contributed by atoms with Gasteiger partial charge < -0.3 is 15.5 Å². The molecule has 2 fully saturated rings. The van der Waals surface area contributed by atoms with Crippen molar-refractivity contribution in [2.45, 2.75) is 25.3 Å². The van der Waals surface area contributed by atoms with Gasteiger partial charge in [-0.2, -0.15) is 0 Å². The summed E-state index contributed by atoms with van der Waals surface area (Å²) in [5, 5.41) is 17.2. The number of nitrogens with one attached hydrogen (secondary N) is 2. The Bertz CT molecular complexity index is 577. The summed E-state index contributed by atoms with van der Waals surface area (Å²) in [7, 11) is 0. The summed E-state index contributed by atoms with van der Waals surface area (Å²) in [6.45, 7) is 3.26. The van der Waals surface area contributed by atoms with E-state index in [2.05, 4.69) is 15.6 Å². The largest absolute Gasteiger partial charge is 0.365 e. The summed E-state index contributed by atoms with van der Waals surface area (Å²) in [5.74, 6) is 1.01. The summed E-state index contributed by atoms with van der Waals surface area (Å²) < 4.78 is 0. The number of likely N-dealkylation sites (tertiary alicyclic amines) is 1. The second-order valence-corrected chi connectivity index (χ2v) is 6.10. The lowest BCUT2D eigenvalue weighted by Crippen LogP contribution is -2.40. The van der Waals surface area contributed by atoms with Crippen molar-refractivity contribution in [2.75, 3.05) is 31.5 Å². The van der Waals surface area contributed by atoms with E-state index < -0.39 is 4.92 Å². The maximum absolute atomic E-state index is 12.5. The molecule has 3 heterocycles. The summed E-state index contributed by atoms with van der Waals surface area (Å²) in [5.41, 5.74) is -0.0234. The van der Waals surface area contributed by atoms with E-state index in [0.717, 1.165) is 38.9 Å². The van der Waals surface area contributed by atoms with Crippen molar-refractivity contribution in [2.24, 2.45) is 5.92 Å². The minimum absolute atomic E-state index is 0. The highest BCUT2D eigenvalue weighted by atomic mass is 35.5. The zero-order valence-corrected chi connectivity index (χ0v) is 14.1. The van der Waals surface area contributed by atoms with Crippen LogP contribution in [0.2, 0.25) is 0 Å². The maximum atomic E-state index is 12.5. The molecule has 0 saturated carbocycles. The van der Waals surface area contributed by atoms with E-state index >= 15 is 0 Å². The summed E-state index contributed by atoms with van der Waals surface area (Å²) in [4.78, 5) is 28.6. The van der Waals surface area contributed by atoms with Gasteiger partial charge in [0.2, 0.25) is 5.91 Å². The predicted molar refractivity (Wildman–Crippen MR) is 92.3 cm³/mol. The van der Waals surface area contributed by atoms with E-state index in [9.17, 15) is 14.9 Å². The normalized spacial score (nSPS) is 21.2. The number of pyridine rings is 1. The molecule has 2 N–H and O–H groups in total. The third kappa shape index (κ3) is 4.33. The SMILES string of the molecule is Cl.O=C(C1CCNCC1)N1CCC(Nc2ccc([N+](=O)[O-])cn2)C1. The molecular formula is C15H22ClN5O3. The lowest BCUT2D eigenvalue weighted by molar-refractivity contribution is -0.385. The topological polar surface area (TPSA) is 100 Å². The molecule has 132 valence electrons. The second kappa shape index (κ2) is 8.25. The van der Waals surface area contributed by atoms with Crippen LogP contribution in [0.4, 0.5) is 11.5 Å². The van der Waals surface area contributed by atoms with Gasteiger partial charge in [0.05, 0.1) is 4.92 Å². The average Bonchev–Trinajstić information content (AvgIpc) is 3.04. The first-order chi connectivity index (χ1) is 11.1. The molecule has 2 aliphatic heterocycles. The molecule has 3 rings (SSSR count). The van der Waals surface area contributed by atoms with Crippen molar-refractivity contribution in [1.29, 1.82) is 0 Å². The lowest BCUT2D eigenvalue weighted by Gasteiger charge is -2.26. The number of rotatable bonds is 4. The predicted octanol–water partition coefficient (Wildman–Crippen LogP) is 1.42. The van der Waals surface area contributed by atoms with Crippen molar-refractivity contribution < 1.29 is 9.72 Å². The van der Waals surface area contributed by atoms with Crippen LogP contribution in [0.5, 0.6) is 0 Å². The van der Waals surface area contributed by atoms with Crippen LogP contribution in [0.15, 0.2) is 18.3 Å². The van der Waals surface area contributed by atoms with Crippen LogP contribution >= 0.6 is 12.4 Å². The Kier molecular flexibility index (Phi) is 6.33. The molecule has 0 aliphatic carbocycles. The number of anilines is 1. The Morgan fingerprint density at radius 1 is 1.33 bits per heavy atom. The third-order valence-corrected chi connectivity index (χ3v) is 4.50. The quantitative estimate of drug-likeness (QED) is 0.626. The molecule has 2 aliphatic rings. The van der Waals surface area contributed by atoms with Crippen LogP contribution in [0.3, 0.4) is 0 Å². The van der Waals surface area contributed by atoms with Crippen LogP contribution in [-0.4, -0.2) is 52.9 Å². The van der Waals surface area contributed by atoms with Crippen molar-refractivity contribution in [3.8, 4) is 0 Å². The summed E-state index contributed by atoms with van der Waals surface area (Å²) in [6.07, 6.45) is 3.94. The Labute approximate surface area is 146 Å². The Morgan fingerprint density at radius 2 is 2.08 bits per heavy atom. The van der Waals surface area contributed by atoms with Gasteiger partial charge in [-0.3, -0.25) is 14.9 Å². The van der Waals surface area contributed by atoms with Crippen molar-refractivity contribution >= 4 is 29.8 Å². The Morgan fingerprint density at radius 3 is 2.71 bits per heavy atom. The van der Waals surface area contributed by atoms with Gasteiger partial charge in [-0.1, -0.05) is 0 Å². The van der Waals surface area contributed by atoms with E-state index in [-0.39, 0.29) is 36.0 Å². The number of carbonyl (C=O) groups excluding carboxylic acids is 1. The molecule has 0 spiro atoms. The van der Waals surface area contributed by atoms with Crippen molar-refractivity contribution in [3.63, 3.8) is 0 Å². The molecule has 1 atom stereocenters.